The number of amides is 7. The molecule has 0 aliphatic carbocycles. The Labute approximate surface area is 584 Å². The predicted octanol–water partition coefficient (Wildman–Crippen LogP) is 0.106. The first kappa shape index (κ1) is 74.5. The maximum absolute atomic E-state index is 16.1. The molecule has 11 bridgehead atoms. The molecule has 5 aromatic carbocycles. The van der Waals surface area contributed by atoms with Crippen molar-refractivity contribution in [3.05, 3.63) is 117 Å². The number of benzene rings is 5. The summed E-state index contributed by atoms with van der Waals surface area (Å²) in [7, 11) is 1.47. The van der Waals surface area contributed by atoms with Crippen molar-refractivity contribution in [3.8, 4) is 57.1 Å². The number of aliphatic carboxylic acids is 1. The minimum absolute atomic E-state index is 0.0953. The molecule has 7 aliphatic rings. The summed E-state index contributed by atoms with van der Waals surface area (Å²) in [6.45, 7) is 5.60. The number of primary amides is 1. The molecular formula is C66H75Cl2N9O24. The van der Waals surface area contributed by atoms with Crippen LogP contribution in [0.1, 0.15) is 105 Å². The van der Waals surface area contributed by atoms with Gasteiger partial charge in [0, 0.05) is 34.7 Å². The molecule has 2 fully saturated rings. The number of carboxylic acid groups (broad SMARTS) is 1. The Morgan fingerprint density at radius 2 is 1.33 bits per heavy atom. The average Bonchev–Trinajstić information content (AvgIpc) is 0.770. The summed E-state index contributed by atoms with van der Waals surface area (Å²) in [6, 6.07) is -0.386. The first-order chi connectivity index (χ1) is 47.7. The maximum Gasteiger partial charge on any atom is 0.330 e. The summed E-state index contributed by atoms with van der Waals surface area (Å²) in [4.78, 5) is 118. The van der Waals surface area contributed by atoms with Crippen LogP contribution in [0.2, 0.25) is 10.0 Å². The molecule has 7 heterocycles. The van der Waals surface area contributed by atoms with Gasteiger partial charge in [0.15, 0.2) is 23.8 Å². The van der Waals surface area contributed by atoms with Gasteiger partial charge in [-0.3, -0.25) is 33.6 Å². The number of phenols is 3. The highest BCUT2D eigenvalue weighted by atomic mass is 35.5. The largest absolute Gasteiger partial charge is 0.508 e. The number of aliphatic hydroxyl groups is 6. The summed E-state index contributed by atoms with van der Waals surface area (Å²) in [6.07, 6.45) is -19.0. The fourth-order valence-corrected chi connectivity index (χ4v) is 12.9. The van der Waals surface area contributed by atoms with E-state index in [-0.39, 0.29) is 52.0 Å². The van der Waals surface area contributed by atoms with Crippen molar-refractivity contribution in [2.45, 2.75) is 156 Å². The second-order valence-corrected chi connectivity index (χ2v) is 26.5. The number of fused-ring (bicyclic) bond motifs is 15. The molecule has 0 spiro atoms. The lowest BCUT2D eigenvalue weighted by atomic mass is 9.86. The van der Waals surface area contributed by atoms with Crippen LogP contribution in [0.3, 0.4) is 0 Å². The number of carbonyl (C=O) groups is 8. The number of nitrogens with one attached hydrogen (secondary N) is 7. The van der Waals surface area contributed by atoms with Crippen LogP contribution in [-0.2, 0) is 52.6 Å². The van der Waals surface area contributed by atoms with Gasteiger partial charge in [-0.2, -0.15) is 0 Å². The molecule has 11 unspecified atom stereocenters. The van der Waals surface area contributed by atoms with Gasteiger partial charge in [-0.25, -0.2) is 4.79 Å². The zero-order valence-electron chi connectivity index (χ0n) is 54.3. The standard InChI is InChI=1S/C66H75Cl2N9O24/c1-23(2)12-34(71-5)58(88)76-49-51(83)26-7-10-38(32(67)14-26)97-40-16-28-17-41(56(40)101-65-54(86)53(85)52(84)42(22-78)99-65)98-39-11-8-27(15-33(39)68)55(100-44-21-66(4,70)57(87)24(3)96-44)50-63(93)75-48(64(94)95)31-18-29(79)19-37(81)45(31)30-13-25(6-9-36(30)80)46(60(90)77-50)74-61(91)47(28)73-59(89)35(20-43(69)82)72-62(49)92/h6-11,13-19,23-24,34-35,42,44,46-55,57,65,71,78-81,83-87H,12,20-22,70H2,1-5H3,(H2,69,82)(H,72,92)(H,73,89)(H,74,91)(H,75,93)(H,76,88)(H,77,90)(H,94,95)/t24?,34-,35+,42?,44?,46?,47-,48+,49-,50?,51-,52?,53?,54?,55-,57?,65?,66?/m1/s1. The topological polar surface area (TPSA) is 530 Å². The van der Waals surface area contributed by atoms with Gasteiger partial charge in [0.05, 0.1) is 41.3 Å². The number of rotatable bonds is 13. The van der Waals surface area contributed by atoms with Gasteiger partial charge in [0.2, 0.25) is 53.4 Å². The lowest BCUT2D eigenvalue weighted by Crippen LogP contribution is -2.61. The summed E-state index contributed by atoms with van der Waals surface area (Å²) in [5.74, 6) is -16.0. The zero-order valence-corrected chi connectivity index (χ0v) is 55.8. The van der Waals surface area contributed by atoms with Crippen molar-refractivity contribution in [3.63, 3.8) is 0 Å². The van der Waals surface area contributed by atoms with Crippen LogP contribution in [0.4, 0.5) is 0 Å². The fraction of sp³-hybridized carbons (Fsp3) is 0.424. The van der Waals surface area contributed by atoms with Crippen LogP contribution >= 0.6 is 23.2 Å². The molecule has 33 nitrogen and oxygen atoms in total. The number of phenolic OH excluding ortho intramolecular Hbond substituents is 3. The molecule has 542 valence electrons. The first-order valence-corrected chi connectivity index (χ1v) is 32.4. The van der Waals surface area contributed by atoms with E-state index in [2.05, 4.69) is 37.2 Å². The van der Waals surface area contributed by atoms with Crippen molar-refractivity contribution in [2.24, 2.45) is 17.4 Å². The van der Waals surface area contributed by atoms with E-state index in [0.717, 1.165) is 54.6 Å². The lowest BCUT2D eigenvalue weighted by molar-refractivity contribution is -0.277. The Morgan fingerprint density at radius 3 is 1.93 bits per heavy atom. The van der Waals surface area contributed by atoms with E-state index in [1.54, 1.807) is 0 Å². The average molecular weight is 1450 g/mol. The third kappa shape index (κ3) is 15.8. The maximum atomic E-state index is 16.1. The van der Waals surface area contributed by atoms with Gasteiger partial charge < -0.3 is 128 Å². The number of ether oxygens (including phenoxy) is 6. The van der Waals surface area contributed by atoms with E-state index in [1.165, 1.54) is 45.2 Å². The minimum Gasteiger partial charge on any atom is -0.508 e. The lowest BCUT2D eigenvalue weighted by Gasteiger charge is -2.44. The molecule has 5 aromatic rings. The van der Waals surface area contributed by atoms with Crippen molar-refractivity contribution in [1.82, 2.24) is 37.2 Å². The molecule has 7 amide bonds. The third-order valence-corrected chi connectivity index (χ3v) is 18.4. The van der Waals surface area contributed by atoms with Gasteiger partial charge in [-0.15, -0.1) is 0 Å². The number of carbonyl (C=O) groups excluding carboxylic acids is 7. The van der Waals surface area contributed by atoms with Crippen LogP contribution in [0.15, 0.2) is 78.9 Å². The van der Waals surface area contributed by atoms with Crippen LogP contribution in [0.25, 0.3) is 11.1 Å². The van der Waals surface area contributed by atoms with Gasteiger partial charge in [-0.05, 0) is 110 Å². The SMILES string of the molecule is CN[C@H](CC(C)C)C(=O)N[C@H]1C(=O)N[C@@H](CC(N)=O)C(=O)N[C@H]2C(=O)NC3C(=O)NC(C(=O)N[C@H](C(=O)O)c4cc(O)cc(O)c4-c4cc3ccc4O)[C@H](OC3CC(C)(N)C(O)C(C)O3)c3ccc(c(Cl)c3)Oc3cc2cc(c3OC2OC(CO)C(O)C(O)C2O)Oc2ccc(cc2Cl)[C@H]1O. The van der Waals surface area contributed by atoms with E-state index in [0.29, 0.717) is 0 Å². The zero-order chi connectivity index (χ0) is 73.5. The van der Waals surface area contributed by atoms with Gasteiger partial charge >= 0.3 is 5.97 Å². The monoisotopic (exact) mass is 1450 g/mol. The van der Waals surface area contributed by atoms with Crippen molar-refractivity contribution in [2.75, 3.05) is 13.7 Å². The van der Waals surface area contributed by atoms with Crippen molar-refractivity contribution >= 4 is 70.5 Å². The molecule has 0 saturated carbocycles. The Balaban J connectivity index is 1.26. The highest BCUT2D eigenvalue weighted by molar-refractivity contribution is 6.32. The Hall–Kier alpha value is -9.20. The van der Waals surface area contributed by atoms with Crippen molar-refractivity contribution < 1.29 is 118 Å². The Morgan fingerprint density at radius 1 is 0.713 bits per heavy atom. The number of aromatic hydroxyl groups is 3. The van der Waals surface area contributed by atoms with Crippen LogP contribution in [0.5, 0.6) is 46.0 Å². The second-order valence-electron chi connectivity index (χ2n) is 25.7. The van der Waals surface area contributed by atoms with Crippen molar-refractivity contribution in [1.29, 1.82) is 0 Å². The molecule has 12 rings (SSSR count). The first-order valence-electron chi connectivity index (χ1n) is 31.6. The molecule has 0 radical (unpaired) electrons. The summed E-state index contributed by atoms with van der Waals surface area (Å²) in [5.41, 5.74) is 8.15. The van der Waals surface area contributed by atoms with Gasteiger partial charge in [0.1, 0.15) is 95.6 Å². The van der Waals surface area contributed by atoms with E-state index in [4.69, 9.17) is 63.1 Å². The Bertz CT molecular complexity index is 4070. The van der Waals surface area contributed by atoms with E-state index in [1.807, 2.05) is 13.8 Å². The molecule has 21 N–H and O–H groups in total. The number of aliphatic hydroxyl groups excluding tert-OH is 6. The number of nitrogens with two attached hydrogens (primary N) is 2. The molecular weight excluding hydrogens is 1370 g/mol. The fourth-order valence-electron chi connectivity index (χ4n) is 12.5. The van der Waals surface area contributed by atoms with Crippen LogP contribution in [0, 0.1) is 5.92 Å². The predicted molar refractivity (Wildman–Crippen MR) is 349 cm³/mol. The molecule has 35 heteroatoms. The third-order valence-electron chi connectivity index (χ3n) is 17.8. The number of carboxylic acids is 1. The summed E-state index contributed by atoms with van der Waals surface area (Å²) < 4.78 is 38.0. The van der Waals surface area contributed by atoms with E-state index >= 15 is 19.2 Å². The smallest absolute Gasteiger partial charge is 0.330 e. The molecule has 101 heavy (non-hydrogen) atoms. The second kappa shape index (κ2) is 30.2. The molecule has 0 aromatic heterocycles. The summed E-state index contributed by atoms with van der Waals surface area (Å²) >= 11 is 14.2. The quantitative estimate of drug-likeness (QED) is 0.0743. The minimum atomic E-state index is -2.35. The molecule has 2 saturated heterocycles. The number of halogens is 2. The molecule has 7 aliphatic heterocycles. The van der Waals surface area contributed by atoms with E-state index < -0.39 is 231 Å². The number of hydrogen-bond acceptors (Lipinski definition) is 25. The highest BCUT2D eigenvalue weighted by Gasteiger charge is 2.49. The van der Waals surface area contributed by atoms with Gasteiger partial charge in [0.25, 0.3) is 0 Å². The van der Waals surface area contributed by atoms with Gasteiger partial charge in [-0.1, -0.05) is 55.2 Å². The number of hydrogen-bond donors (Lipinski definition) is 19. The normalized spacial score (nSPS) is 29.4. The summed E-state index contributed by atoms with van der Waals surface area (Å²) in [5, 5.41) is 129. The number of likely N-dealkylation sites (N-methyl/N-ethyl adjacent to an activating group) is 1. The molecule has 18 atom stereocenters. The van der Waals surface area contributed by atoms with Crippen LogP contribution in [-0.4, -0.2) is 191 Å². The van der Waals surface area contributed by atoms with Crippen LogP contribution < -0.4 is 62.9 Å². The Kier molecular flexibility index (Phi) is 22.2. The van der Waals surface area contributed by atoms with E-state index in [9.17, 15) is 70.2 Å². The highest BCUT2D eigenvalue weighted by Crippen LogP contribution is 2.50.